The van der Waals surface area contributed by atoms with Crippen molar-refractivity contribution >= 4 is 29.2 Å². The number of aromatic nitrogens is 2. The maximum atomic E-state index is 14.3. The molecule has 0 radical (unpaired) electrons. The molecule has 2 aliphatic heterocycles. The Bertz CT molecular complexity index is 1710. The minimum Gasteiger partial charge on any atom is -0.508 e. The fourth-order valence-corrected chi connectivity index (χ4v) is 5.94. The van der Waals surface area contributed by atoms with Crippen LogP contribution in [0.2, 0.25) is 5.02 Å². The Kier molecular flexibility index (Phi) is 8.85. The largest absolute Gasteiger partial charge is 0.508 e. The predicted molar refractivity (Wildman–Crippen MR) is 164 cm³/mol. The van der Waals surface area contributed by atoms with Gasteiger partial charge in [-0.1, -0.05) is 23.7 Å². The number of phenols is 1. The Morgan fingerprint density at radius 1 is 1.11 bits per heavy atom. The summed E-state index contributed by atoms with van der Waals surface area (Å²) in [6.07, 6.45) is 2.92. The van der Waals surface area contributed by atoms with Gasteiger partial charge < -0.3 is 25.0 Å². The van der Waals surface area contributed by atoms with Crippen LogP contribution >= 0.6 is 11.6 Å². The van der Waals surface area contributed by atoms with Crippen LogP contribution < -0.4 is 16.6 Å². The van der Waals surface area contributed by atoms with Crippen molar-refractivity contribution in [3.8, 4) is 16.9 Å². The minimum atomic E-state index is -0.890. The van der Waals surface area contributed by atoms with Crippen molar-refractivity contribution in [2.45, 2.75) is 57.8 Å². The maximum Gasteiger partial charge on any atom is 0.331 e. The first-order chi connectivity index (χ1) is 20.9. The highest BCUT2D eigenvalue weighted by atomic mass is 35.5. The molecule has 234 valence electrons. The molecule has 11 nitrogen and oxygen atoms in total. The number of carbonyl (C=O) groups excluding carboxylic acids is 2. The van der Waals surface area contributed by atoms with Crippen molar-refractivity contribution in [3.63, 3.8) is 0 Å². The molecular weight excluding hydrogens is 593 g/mol. The maximum absolute atomic E-state index is 14.3. The molecule has 1 aromatic heterocycles. The molecule has 0 bridgehead atoms. The van der Waals surface area contributed by atoms with Crippen molar-refractivity contribution < 1.29 is 23.8 Å². The average Bonchev–Trinajstić information content (AvgIpc) is 3.16. The highest BCUT2D eigenvalue weighted by Crippen LogP contribution is 2.29. The highest BCUT2D eigenvalue weighted by molar-refractivity contribution is 6.33. The number of nitrogens with zero attached hydrogens (tertiary/aromatic N) is 4. The van der Waals surface area contributed by atoms with E-state index in [9.17, 15) is 28.7 Å². The van der Waals surface area contributed by atoms with Crippen molar-refractivity contribution in [2.24, 2.45) is 0 Å². The Morgan fingerprint density at radius 3 is 2.55 bits per heavy atom. The highest BCUT2D eigenvalue weighted by Gasteiger charge is 2.32. The Hall–Kier alpha value is -4.16. The number of benzene rings is 2. The summed E-state index contributed by atoms with van der Waals surface area (Å²) >= 11 is 6.21. The summed E-state index contributed by atoms with van der Waals surface area (Å²) in [4.78, 5) is 56.8. The third-order valence-electron chi connectivity index (χ3n) is 8.35. The molecule has 0 unspecified atom stereocenters. The van der Waals surface area contributed by atoms with Gasteiger partial charge in [-0.3, -0.25) is 18.7 Å². The summed E-state index contributed by atoms with van der Waals surface area (Å²) in [5.74, 6) is -0.910. The van der Waals surface area contributed by atoms with Crippen LogP contribution in [-0.2, 0) is 29.0 Å². The average molecular weight is 628 g/mol. The molecule has 0 aliphatic carbocycles. The summed E-state index contributed by atoms with van der Waals surface area (Å²) in [6.45, 7) is 4.19. The van der Waals surface area contributed by atoms with Gasteiger partial charge in [-0.15, -0.1) is 0 Å². The first-order valence-corrected chi connectivity index (χ1v) is 14.8. The Labute approximate surface area is 258 Å². The molecule has 0 saturated carbocycles. The third kappa shape index (κ3) is 6.36. The van der Waals surface area contributed by atoms with Crippen molar-refractivity contribution in [2.75, 3.05) is 32.1 Å². The number of hydrogen-bond donors (Lipinski definition) is 2. The number of rotatable bonds is 7. The lowest BCUT2D eigenvalue weighted by atomic mass is 10.0. The Balaban J connectivity index is 1.34. The zero-order valence-electron chi connectivity index (χ0n) is 24.8. The lowest BCUT2D eigenvalue weighted by Gasteiger charge is -2.38. The number of methoxy groups -OCH3 is 1. The molecule has 0 spiro atoms. The summed E-state index contributed by atoms with van der Waals surface area (Å²) < 4.78 is 21.9. The lowest BCUT2D eigenvalue weighted by molar-refractivity contribution is -0.133. The fraction of sp³-hybridized carbons (Fsp3) is 0.419. The number of anilines is 1. The van der Waals surface area contributed by atoms with E-state index in [2.05, 4.69) is 5.32 Å². The van der Waals surface area contributed by atoms with Gasteiger partial charge in [0.25, 0.3) is 5.56 Å². The van der Waals surface area contributed by atoms with Gasteiger partial charge in [0.05, 0.1) is 22.7 Å². The number of likely N-dealkylation sites (tertiary alicyclic amines) is 1. The zero-order chi connectivity index (χ0) is 31.8. The van der Waals surface area contributed by atoms with Crippen LogP contribution in [-0.4, -0.2) is 74.4 Å². The summed E-state index contributed by atoms with van der Waals surface area (Å²) in [5, 5.41) is 12.5. The number of hydrogen-bond acceptors (Lipinski definition) is 6. The monoisotopic (exact) mass is 627 g/mol. The number of amides is 3. The Morgan fingerprint density at radius 2 is 1.84 bits per heavy atom. The van der Waals surface area contributed by atoms with Crippen LogP contribution in [0.4, 0.5) is 14.9 Å². The van der Waals surface area contributed by atoms with Gasteiger partial charge in [0.2, 0.25) is 5.91 Å². The van der Waals surface area contributed by atoms with E-state index in [1.54, 1.807) is 35.8 Å². The van der Waals surface area contributed by atoms with Gasteiger partial charge in [0.15, 0.2) is 0 Å². The van der Waals surface area contributed by atoms with E-state index < -0.39 is 22.7 Å². The zero-order valence-corrected chi connectivity index (χ0v) is 25.6. The fourth-order valence-electron chi connectivity index (χ4n) is 5.71. The molecule has 3 aromatic rings. The van der Waals surface area contributed by atoms with Gasteiger partial charge in [-0.05, 0) is 62.9 Å². The second-order valence-corrected chi connectivity index (χ2v) is 12.1. The van der Waals surface area contributed by atoms with Crippen LogP contribution in [0.25, 0.3) is 11.1 Å². The van der Waals surface area contributed by atoms with Crippen molar-refractivity contribution in [1.82, 2.24) is 18.9 Å². The van der Waals surface area contributed by atoms with Gasteiger partial charge >= 0.3 is 11.7 Å². The quantitative estimate of drug-likeness (QED) is 0.385. The molecule has 2 aromatic carbocycles. The smallest absolute Gasteiger partial charge is 0.331 e. The molecule has 13 heteroatoms. The molecule has 1 saturated heterocycles. The third-order valence-corrected chi connectivity index (χ3v) is 8.73. The number of urea groups is 1. The van der Waals surface area contributed by atoms with Gasteiger partial charge in [0, 0.05) is 50.2 Å². The number of aromatic hydroxyl groups is 1. The first-order valence-electron chi connectivity index (χ1n) is 14.4. The van der Waals surface area contributed by atoms with Gasteiger partial charge in [0.1, 0.15) is 18.1 Å². The molecule has 2 N–H and O–H groups in total. The molecule has 5 rings (SSSR count). The van der Waals surface area contributed by atoms with E-state index in [4.69, 9.17) is 16.3 Å². The van der Waals surface area contributed by atoms with Crippen LogP contribution in [0.5, 0.6) is 5.75 Å². The number of piperidine rings is 1. The molecule has 3 heterocycles. The predicted octanol–water partition coefficient (Wildman–Crippen LogP) is 3.68. The van der Waals surface area contributed by atoms with E-state index in [1.165, 1.54) is 37.6 Å². The standard InChI is InChI=1S/C31H35ClFN5O6/c1-31(2,44-3)18-38-28(41)23(22-5-4-6-24(33)27(22)32)16-36(30(38)43)17-26(40)35-12-10-20(11-13-35)37-14-9-19-15-21(39)7-8-25(19)34-29(37)42/h4-8,15-16,20,39H,9-14,17-18H2,1-3H3,(H,34,42). The SMILES string of the molecule is COC(C)(C)Cn1c(=O)c(-c2cccc(F)c2Cl)cn(CC(=O)N2CCC(N3CCc4cc(O)ccc4NC3=O)CC2)c1=O. The normalized spacial score (nSPS) is 16.0. The van der Waals surface area contributed by atoms with Crippen molar-refractivity contribution in [3.05, 3.63) is 79.8 Å². The van der Waals surface area contributed by atoms with Crippen LogP contribution in [0, 0.1) is 5.82 Å². The second kappa shape index (κ2) is 12.4. The second-order valence-electron chi connectivity index (χ2n) is 11.7. The number of fused-ring (bicyclic) bond motifs is 1. The van der Waals surface area contributed by atoms with Crippen LogP contribution in [0.3, 0.4) is 0 Å². The topological polar surface area (TPSA) is 126 Å². The van der Waals surface area contributed by atoms with Gasteiger partial charge in [-0.2, -0.15) is 0 Å². The van der Waals surface area contributed by atoms with E-state index in [1.807, 2.05) is 0 Å². The summed E-state index contributed by atoms with van der Waals surface area (Å²) in [7, 11) is 1.46. The number of halogens is 2. The number of phenolic OH excluding ortho intramolecular Hbond substituents is 1. The number of nitrogens with one attached hydrogen (secondary N) is 1. The van der Waals surface area contributed by atoms with Gasteiger partial charge in [-0.25, -0.2) is 14.0 Å². The molecule has 1 fully saturated rings. The van der Waals surface area contributed by atoms with E-state index >= 15 is 0 Å². The summed E-state index contributed by atoms with van der Waals surface area (Å²) in [6, 6.07) is 8.61. The minimum absolute atomic E-state index is 0.0194. The molecule has 2 aliphatic rings. The first kappa shape index (κ1) is 31.3. The molecular formula is C31H35ClFN5O6. The summed E-state index contributed by atoms with van der Waals surface area (Å²) in [5.41, 5.74) is -0.657. The van der Waals surface area contributed by atoms with Crippen LogP contribution in [0.15, 0.2) is 52.2 Å². The molecule has 0 atom stereocenters. The van der Waals surface area contributed by atoms with Crippen molar-refractivity contribution in [1.29, 1.82) is 0 Å². The van der Waals surface area contributed by atoms with E-state index in [0.29, 0.717) is 44.6 Å². The number of ether oxygens (including phenoxy) is 1. The number of carbonyl (C=O) groups is 2. The molecule has 3 amide bonds. The van der Waals surface area contributed by atoms with Crippen LogP contribution in [0.1, 0.15) is 32.3 Å². The van der Waals surface area contributed by atoms with E-state index in [0.717, 1.165) is 14.7 Å². The van der Waals surface area contributed by atoms with E-state index in [-0.39, 0.29) is 53.0 Å². The lowest BCUT2D eigenvalue weighted by Crippen LogP contribution is -2.51. The molecule has 44 heavy (non-hydrogen) atoms.